The maximum atomic E-state index is 14.3. The van der Waals surface area contributed by atoms with Gasteiger partial charge in [0.1, 0.15) is 11.5 Å². The van der Waals surface area contributed by atoms with E-state index >= 15 is 0 Å². The molecule has 0 aliphatic carbocycles. The first-order chi connectivity index (χ1) is 18.9. The summed E-state index contributed by atoms with van der Waals surface area (Å²) >= 11 is 6.74. The summed E-state index contributed by atoms with van der Waals surface area (Å²) < 4.78 is 12.6. The molecule has 3 heterocycles. The maximum Gasteiger partial charge on any atom is 0.274 e. The molecule has 2 aliphatic heterocycles. The number of rotatable bonds is 11. The number of imidazole rings is 1. The van der Waals surface area contributed by atoms with Crippen molar-refractivity contribution >= 4 is 23.4 Å². The fourth-order valence-corrected chi connectivity index (χ4v) is 5.75. The number of piperidine rings is 1. The first kappa shape index (κ1) is 29.5. The van der Waals surface area contributed by atoms with Gasteiger partial charge in [-0.15, -0.1) is 0 Å². The molecule has 2 amide bonds. The van der Waals surface area contributed by atoms with Crippen molar-refractivity contribution in [3.8, 4) is 11.4 Å². The van der Waals surface area contributed by atoms with Crippen molar-refractivity contribution in [2.45, 2.75) is 45.7 Å². The highest BCUT2D eigenvalue weighted by molar-refractivity contribution is 6.32. The lowest BCUT2D eigenvalue weighted by atomic mass is 9.92. The topological polar surface area (TPSA) is 88.9 Å². The molecule has 0 radical (unpaired) electrons. The third-order valence-electron chi connectivity index (χ3n) is 7.40. The van der Waals surface area contributed by atoms with Gasteiger partial charge in [-0.3, -0.25) is 9.59 Å². The number of carbonyl (C=O) groups excluding carboxylic acids is 2. The molecule has 0 bridgehead atoms. The molecule has 0 unspecified atom stereocenters. The Labute approximate surface area is 236 Å². The molecule has 214 valence electrons. The number of nitrogens with zero attached hydrogens (tertiary/aromatic N) is 4. The fraction of sp³-hybridized carbons (Fsp3) is 0.621. The van der Waals surface area contributed by atoms with Gasteiger partial charge in [0.05, 0.1) is 19.1 Å². The zero-order valence-electron chi connectivity index (χ0n) is 23.4. The van der Waals surface area contributed by atoms with Crippen LogP contribution in [0.5, 0.6) is 0 Å². The number of morpholine rings is 1. The van der Waals surface area contributed by atoms with E-state index in [2.05, 4.69) is 24.1 Å². The predicted molar refractivity (Wildman–Crippen MR) is 152 cm³/mol. The molecule has 2 fully saturated rings. The zero-order valence-corrected chi connectivity index (χ0v) is 24.2. The van der Waals surface area contributed by atoms with Crippen molar-refractivity contribution in [3.05, 3.63) is 41.2 Å². The van der Waals surface area contributed by atoms with Crippen molar-refractivity contribution in [3.63, 3.8) is 0 Å². The molecule has 1 aromatic carbocycles. The molecule has 2 saturated heterocycles. The second-order valence-electron chi connectivity index (χ2n) is 10.8. The van der Waals surface area contributed by atoms with Crippen molar-refractivity contribution < 1.29 is 19.1 Å². The third kappa shape index (κ3) is 7.39. The Balaban J connectivity index is 1.62. The van der Waals surface area contributed by atoms with Gasteiger partial charge in [-0.05, 0) is 25.2 Å². The molecule has 2 aliphatic rings. The monoisotopic (exact) mass is 559 g/mol. The minimum atomic E-state index is -0.182. The van der Waals surface area contributed by atoms with E-state index in [1.165, 1.54) is 0 Å². The van der Waals surface area contributed by atoms with Gasteiger partial charge in [0.15, 0.2) is 5.15 Å². The maximum absolute atomic E-state index is 14.3. The van der Waals surface area contributed by atoms with Gasteiger partial charge < -0.3 is 29.2 Å². The van der Waals surface area contributed by atoms with Crippen LogP contribution in [0.25, 0.3) is 11.4 Å². The van der Waals surface area contributed by atoms with Crippen LogP contribution in [0.15, 0.2) is 30.3 Å². The second kappa shape index (κ2) is 14.3. The number of methoxy groups -OCH3 is 1. The van der Waals surface area contributed by atoms with Crippen LogP contribution >= 0.6 is 11.6 Å². The molecule has 0 saturated carbocycles. The van der Waals surface area contributed by atoms with Crippen LogP contribution in [0.1, 0.15) is 43.6 Å². The highest BCUT2D eigenvalue weighted by Gasteiger charge is 2.37. The van der Waals surface area contributed by atoms with E-state index < -0.39 is 0 Å². The summed E-state index contributed by atoms with van der Waals surface area (Å²) in [6.45, 7) is 9.66. The predicted octanol–water partition coefficient (Wildman–Crippen LogP) is 3.57. The lowest BCUT2D eigenvalue weighted by molar-refractivity contribution is -0.140. The van der Waals surface area contributed by atoms with Crippen LogP contribution in [0.4, 0.5) is 0 Å². The quantitative estimate of drug-likeness (QED) is 0.423. The zero-order chi connectivity index (χ0) is 27.8. The van der Waals surface area contributed by atoms with E-state index in [0.29, 0.717) is 77.0 Å². The number of nitrogens with one attached hydrogen (secondary N) is 1. The van der Waals surface area contributed by atoms with Crippen LogP contribution in [0.2, 0.25) is 5.15 Å². The number of hydrogen-bond acceptors (Lipinski definition) is 6. The number of benzene rings is 1. The minimum absolute atomic E-state index is 0.128. The van der Waals surface area contributed by atoms with Crippen LogP contribution in [0, 0.1) is 11.8 Å². The Morgan fingerprint density at radius 3 is 2.62 bits per heavy atom. The lowest BCUT2D eigenvalue weighted by Gasteiger charge is -2.40. The first-order valence-corrected chi connectivity index (χ1v) is 14.5. The number of amides is 2. The average Bonchev–Trinajstić information content (AvgIpc) is 3.29. The van der Waals surface area contributed by atoms with Gasteiger partial charge in [0, 0.05) is 64.6 Å². The fourth-order valence-electron chi connectivity index (χ4n) is 5.48. The molecular weight excluding hydrogens is 518 g/mol. The molecule has 4 rings (SSSR count). The number of halogens is 1. The molecule has 1 aromatic heterocycles. The van der Waals surface area contributed by atoms with Gasteiger partial charge >= 0.3 is 0 Å². The van der Waals surface area contributed by atoms with E-state index in [0.717, 1.165) is 18.4 Å². The summed E-state index contributed by atoms with van der Waals surface area (Å²) in [7, 11) is 1.69. The third-order valence-corrected chi connectivity index (χ3v) is 7.67. The summed E-state index contributed by atoms with van der Waals surface area (Å²) in [6.07, 6.45) is 2.31. The summed E-state index contributed by atoms with van der Waals surface area (Å²) in [4.78, 5) is 36.1. The standard InChI is InChI=1S/C29H42ClN5O4/c1-21(2)20-35(24-17-23(18-31-19-24)28(36)33-12-15-39-16-13-33)29(37)25-26(30)32-27(22-9-5-4-6-10-22)34(25)11-7-8-14-38-3/h4-6,9-10,21,23-24,31H,7-8,11-20H2,1-3H3/t23-,24+/m1/s1. The molecule has 2 atom stereocenters. The van der Waals surface area contributed by atoms with Crippen molar-refractivity contribution in [1.29, 1.82) is 0 Å². The number of ether oxygens (including phenoxy) is 2. The summed E-state index contributed by atoms with van der Waals surface area (Å²) in [5, 5.41) is 3.64. The van der Waals surface area contributed by atoms with Gasteiger partial charge in [-0.25, -0.2) is 4.98 Å². The van der Waals surface area contributed by atoms with Crippen molar-refractivity contribution in [1.82, 2.24) is 24.7 Å². The Morgan fingerprint density at radius 2 is 1.92 bits per heavy atom. The molecule has 10 heteroatoms. The molecule has 9 nitrogen and oxygen atoms in total. The van der Waals surface area contributed by atoms with Gasteiger partial charge in [-0.1, -0.05) is 55.8 Å². The van der Waals surface area contributed by atoms with E-state index in [1.54, 1.807) is 7.11 Å². The second-order valence-corrected chi connectivity index (χ2v) is 11.2. The number of carbonyl (C=O) groups is 2. The largest absolute Gasteiger partial charge is 0.385 e. The highest BCUT2D eigenvalue weighted by Crippen LogP contribution is 2.29. The minimum Gasteiger partial charge on any atom is -0.385 e. The molecule has 2 aromatic rings. The van der Waals surface area contributed by atoms with E-state index in [9.17, 15) is 9.59 Å². The molecular formula is C29H42ClN5O4. The smallest absolute Gasteiger partial charge is 0.274 e. The molecule has 0 spiro atoms. The number of aromatic nitrogens is 2. The SMILES string of the molecule is COCCCCn1c(-c2ccccc2)nc(Cl)c1C(=O)N(CC(C)C)[C@@H]1CNC[C@H](C(=O)N2CCOCC2)C1. The Morgan fingerprint density at radius 1 is 1.18 bits per heavy atom. The number of hydrogen-bond donors (Lipinski definition) is 1. The van der Waals surface area contributed by atoms with Gasteiger partial charge in [-0.2, -0.15) is 0 Å². The Bertz CT molecular complexity index is 1090. The molecule has 39 heavy (non-hydrogen) atoms. The summed E-state index contributed by atoms with van der Waals surface area (Å²) in [6, 6.07) is 9.71. The van der Waals surface area contributed by atoms with Crippen molar-refractivity contribution in [2.75, 3.05) is 59.7 Å². The van der Waals surface area contributed by atoms with E-state index in [-0.39, 0.29) is 34.8 Å². The lowest BCUT2D eigenvalue weighted by Crippen LogP contribution is -2.56. The Hall–Kier alpha value is -2.46. The van der Waals surface area contributed by atoms with Crippen LogP contribution in [-0.2, 0) is 20.8 Å². The van der Waals surface area contributed by atoms with Gasteiger partial charge in [0.2, 0.25) is 5.91 Å². The van der Waals surface area contributed by atoms with Gasteiger partial charge in [0.25, 0.3) is 5.91 Å². The van der Waals surface area contributed by atoms with Crippen LogP contribution in [0.3, 0.4) is 0 Å². The van der Waals surface area contributed by atoms with Crippen LogP contribution < -0.4 is 5.32 Å². The summed E-state index contributed by atoms with van der Waals surface area (Å²) in [5.41, 5.74) is 1.33. The molecule has 1 N–H and O–H groups in total. The van der Waals surface area contributed by atoms with Crippen LogP contribution in [-0.4, -0.2) is 96.9 Å². The highest BCUT2D eigenvalue weighted by atomic mass is 35.5. The van der Waals surface area contributed by atoms with E-state index in [4.69, 9.17) is 21.1 Å². The number of unbranched alkanes of at least 4 members (excludes halogenated alkanes) is 1. The van der Waals surface area contributed by atoms with Crippen molar-refractivity contribution in [2.24, 2.45) is 11.8 Å². The van der Waals surface area contributed by atoms with E-state index in [1.807, 2.05) is 44.7 Å². The summed E-state index contributed by atoms with van der Waals surface area (Å²) in [5.74, 6) is 0.753. The Kier molecular flexibility index (Phi) is 10.8. The normalized spacial score (nSPS) is 19.9. The average molecular weight is 560 g/mol. The first-order valence-electron chi connectivity index (χ1n) is 14.1.